The van der Waals surface area contributed by atoms with Crippen LogP contribution in [-0.4, -0.2) is 26.2 Å². The lowest BCUT2D eigenvalue weighted by Crippen LogP contribution is -2.30. The van der Waals surface area contributed by atoms with E-state index in [9.17, 15) is 0 Å². The Balaban J connectivity index is 2.09. The van der Waals surface area contributed by atoms with Gasteiger partial charge in [0.25, 0.3) is 0 Å². The van der Waals surface area contributed by atoms with Crippen LogP contribution in [0.15, 0.2) is 0 Å². The quantitative estimate of drug-likeness (QED) is 0.640. The molecule has 2 nitrogen and oxygen atoms in total. The summed E-state index contributed by atoms with van der Waals surface area (Å²) in [5.74, 6) is 0. The topological polar surface area (TPSA) is 24.1 Å². The lowest BCUT2D eigenvalue weighted by atomic mass is 10.1. The Morgan fingerprint density at radius 1 is 1.36 bits per heavy atom. The fourth-order valence-electron chi connectivity index (χ4n) is 1.67. The molecule has 0 saturated carbocycles. The van der Waals surface area contributed by atoms with Crippen molar-refractivity contribution in [3.63, 3.8) is 0 Å². The van der Waals surface area contributed by atoms with Crippen LogP contribution in [0.25, 0.3) is 0 Å². The molecule has 1 fully saturated rings. The average Bonchev–Trinajstić information content (AvgIpc) is 2.28. The van der Waals surface area contributed by atoms with Crippen LogP contribution in [-0.2, 0) is 0 Å². The second-order valence-corrected chi connectivity index (χ2v) is 3.39. The van der Waals surface area contributed by atoms with Gasteiger partial charge in [-0.15, -0.1) is 0 Å². The van der Waals surface area contributed by atoms with Gasteiger partial charge >= 0.3 is 0 Å². The number of hydrogen-bond acceptors (Lipinski definition) is 2. The summed E-state index contributed by atoms with van der Waals surface area (Å²) < 4.78 is 0. The number of rotatable bonds is 3. The maximum Gasteiger partial charge on any atom is 0.00791 e. The second-order valence-electron chi connectivity index (χ2n) is 3.39. The van der Waals surface area contributed by atoms with Crippen molar-refractivity contribution in [2.75, 3.05) is 20.1 Å². The highest BCUT2D eigenvalue weighted by Crippen LogP contribution is 2.09. The van der Waals surface area contributed by atoms with Crippen molar-refractivity contribution in [3.8, 4) is 0 Å². The normalized spacial score (nSPS) is 26.5. The largest absolute Gasteiger partial charge is 0.320 e. The summed E-state index contributed by atoms with van der Waals surface area (Å²) in [5, 5.41) is 6.77. The van der Waals surface area contributed by atoms with E-state index in [1.54, 1.807) is 0 Å². The molecule has 2 N–H and O–H groups in total. The van der Waals surface area contributed by atoms with E-state index in [4.69, 9.17) is 0 Å². The van der Waals surface area contributed by atoms with E-state index >= 15 is 0 Å². The standard InChI is InChI=1S/C9H20N2/c1-10-8-6-9-5-3-2-4-7-11-9/h9-11H,2-8H2,1H3. The monoisotopic (exact) mass is 156 g/mol. The van der Waals surface area contributed by atoms with Crippen molar-refractivity contribution in [2.45, 2.75) is 38.1 Å². The summed E-state index contributed by atoms with van der Waals surface area (Å²) in [4.78, 5) is 0. The van der Waals surface area contributed by atoms with E-state index in [1.165, 1.54) is 38.6 Å². The Morgan fingerprint density at radius 3 is 3.09 bits per heavy atom. The highest BCUT2D eigenvalue weighted by Gasteiger charge is 2.09. The van der Waals surface area contributed by atoms with Crippen LogP contribution >= 0.6 is 0 Å². The third-order valence-electron chi connectivity index (χ3n) is 2.41. The molecule has 1 heterocycles. The zero-order chi connectivity index (χ0) is 7.94. The van der Waals surface area contributed by atoms with Gasteiger partial charge in [-0.25, -0.2) is 0 Å². The molecule has 0 bridgehead atoms. The summed E-state index contributed by atoms with van der Waals surface area (Å²) in [6, 6.07) is 0.782. The minimum absolute atomic E-state index is 0.782. The summed E-state index contributed by atoms with van der Waals surface area (Å²) in [6.45, 7) is 2.38. The van der Waals surface area contributed by atoms with Crippen molar-refractivity contribution in [1.29, 1.82) is 0 Å². The smallest absolute Gasteiger partial charge is 0.00791 e. The van der Waals surface area contributed by atoms with Gasteiger partial charge in [-0.2, -0.15) is 0 Å². The number of hydrogen-bond donors (Lipinski definition) is 2. The first-order valence-electron chi connectivity index (χ1n) is 4.81. The van der Waals surface area contributed by atoms with E-state index in [0.717, 1.165) is 12.6 Å². The van der Waals surface area contributed by atoms with Gasteiger partial charge in [0, 0.05) is 6.04 Å². The highest BCUT2D eigenvalue weighted by molar-refractivity contribution is 4.70. The molecular weight excluding hydrogens is 136 g/mol. The molecule has 1 aliphatic heterocycles. The summed E-state index contributed by atoms with van der Waals surface area (Å²) in [5.41, 5.74) is 0. The van der Waals surface area contributed by atoms with Crippen LogP contribution < -0.4 is 10.6 Å². The van der Waals surface area contributed by atoms with Gasteiger partial charge in [0.2, 0.25) is 0 Å². The molecule has 1 saturated heterocycles. The molecular formula is C9H20N2. The Labute approximate surface area is 69.8 Å². The van der Waals surface area contributed by atoms with Crippen molar-refractivity contribution in [3.05, 3.63) is 0 Å². The third kappa shape index (κ3) is 3.73. The van der Waals surface area contributed by atoms with Gasteiger partial charge in [0.1, 0.15) is 0 Å². The molecule has 1 rings (SSSR count). The van der Waals surface area contributed by atoms with Crippen molar-refractivity contribution >= 4 is 0 Å². The molecule has 0 aromatic rings. The van der Waals surface area contributed by atoms with Crippen LogP contribution in [0.3, 0.4) is 0 Å². The molecule has 1 aliphatic rings. The highest BCUT2D eigenvalue weighted by atomic mass is 14.9. The lowest BCUT2D eigenvalue weighted by molar-refractivity contribution is 0.470. The van der Waals surface area contributed by atoms with Crippen LogP contribution in [0.5, 0.6) is 0 Å². The Morgan fingerprint density at radius 2 is 2.27 bits per heavy atom. The zero-order valence-electron chi connectivity index (χ0n) is 7.53. The summed E-state index contributed by atoms with van der Waals surface area (Å²) in [7, 11) is 2.02. The minimum atomic E-state index is 0.782. The molecule has 0 amide bonds. The molecule has 0 spiro atoms. The molecule has 1 unspecified atom stereocenters. The van der Waals surface area contributed by atoms with Gasteiger partial charge in [-0.3, -0.25) is 0 Å². The fraction of sp³-hybridized carbons (Fsp3) is 1.00. The summed E-state index contributed by atoms with van der Waals surface area (Å²) in [6.07, 6.45) is 6.87. The zero-order valence-corrected chi connectivity index (χ0v) is 7.53. The van der Waals surface area contributed by atoms with Crippen molar-refractivity contribution < 1.29 is 0 Å². The third-order valence-corrected chi connectivity index (χ3v) is 2.41. The number of nitrogens with one attached hydrogen (secondary N) is 2. The predicted molar refractivity (Wildman–Crippen MR) is 48.8 cm³/mol. The SMILES string of the molecule is CNCCC1CCCCCN1. The van der Waals surface area contributed by atoms with Crippen molar-refractivity contribution in [2.24, 2.45) is 0 Å². The molecule has 11 heavy (non-hydrogen) atoms. The van der Waals surface area contributed by atoms with Crippen LogP contribution in [0, 0.1) is 0 Å². The fourth-order valence-corrected chi connectivity index (χ4v) is 1.67. The Bertz CT molecular complexity index is 85.6. The average molecular weight is 156 g/mol. The molecule has 66 valence electrons. The molecule has 0 aliphatic carbocycles. The van der Waals surface area contributed by atoms with Crippen LogP contribution in [0.1, 0.15) is 32.1 Å². The van der Waals surface area contributed by atoms with Crippen molar-refractivity contribution in [1.82, 2.24) is 10.6 Å². The first kappa shape index (κ1) is 9.01. The van der Waals surface area contributed by atoms with E-state index < -0.39 is 0 Å². The second kappa shape index (κ2) is 5.56. The van der Waals surface area contributed by atoms with Gasteiger partial charge in [-0.1, -0.05) is 12.8 Å². The first-order chi connectivity index (χ1) is 5.43. The van der Waals surface area contributed by atoms with E-state index in [-0.39, 0.29) is 0 Å². The maximum atomic E-state index is 3.58. The van der Waals surface area contributed by atoms with Crippen LogP contribution in [0.2, 0.25) is 0 Å². The molecule has 0 radical (unpaired) electrons. The Hall–Kier alpha value is -0.0800. The first-order valence-corrected chi connectivity index (χ1v) is 4.81. The predicted octanol–water partition coefficient (Wildman–Crippen LogP) is 1.13. The van der Waals surface area contributed by atoms with Gasteiger partial charge in [-0.05, 0) is 39.4 Å². The van der Waals surface area contributed by atoms with E-state index in [2.05, 4.69) is 10.6 Å². The minimum Gasteiger partial charge on any atom is -0.320 e. The van der Waals surface area contributed by atoms with E-state index in [1.807, 2.05) is 7.05 Å². The maximum absolute atomic E-state index is 3.58. The van der Waals surface area contributed by atoms with E-state index in [0.29, 0.717) is 0 Å². The lowest BCUT2D eigenvalue weighted by Gasteiger charge is -2.14. The van der Waals surface area contributed by atoms with Crippen LogP contribution in [0.4, 0.5) is 0 Å². The molecule has 0 aromatic carbocycles. The Kier molecular flexibility index (Phi) is 4.55. The summed E-state index contributed by atoms with van der Waals surface area (Å²) >= 11 is 0. The molecule has 0 aromatic heterocycles. The van der Waals surface area contributed by atoms with Gasteiger partial charge in [0.15, 0.2) is 0 Å². The van der Waals surface area contributed by atoms with Gasteiger partial charge in [0.05, 0.1) is 0 Å². The van der Waals surface area contributed by atoms with Gasteiger partial charge < -0.3 is 10.6 Å². The molecule has 1 atom stereocenters. The molecule has 2 heteroatoms.